The molecule has 12 rings (SSSR count). The number of anilines is 2. The highest BCUT2D eigenvalue weighted by atomic mass is 31.2. The fraction of sp³-hybridized carbons (Fsp3) is 0.352. The third kappa shape index (κ3) is 22.1. The first-order valence-corrected chi connectivity index (χ1v) is 42.0. The Hall–Kier alpha value is -11.5. The average molecular weight is 1670 g/mol. The van der Waals surface area contributed by atoms with Crippen LogP contribution in [-0.4, -0.2) is 160 Å². The predicted molar refractivity (Wildman–Crippen MR) is 448 cm³/mol. The smallest absolute Gasteiger partial charge is 0.475 e. The van der Waals surface area contributed by atoms with E-state index in [1.165, 1.54) is 34.4 Å². The normalized spacial score (nSPS) is 15.7. The lowest BCUT2D eigenvalue weighted by Gasteiger charge is -2.38. The Bertz CT molecular complexity index is 5210. The quantitative estimate of drug-likeness (QED) is 0.0182. The van der Waals surface area contributed by atoms with Gasteiger partial charge in [-0.15, -0.1) is 0 Å². The van der Waals surface area contributed by atoms with Gasteiger partial charge in [0.2, 0.25) is 11.8 Å². The molecule has 0 bridgehead atoms. The van der Waals surface area contributed by atoms with Gasteiger partial charge in [0.25, 0.3) is 14.4 Å². The van der Waals surface area contributed by atoms with Crippen molar-refractivity contribution >= 4 is 63.0 Å². The second kappa shape index (κ2) is 42.0. The molecule has 32 heteroatoms. The van der Waals surface area contributed by atoms with Crippen molar-refractivity contribution in [1.82, 2.24) is 44.0 Å². The van der Waals surface area contributed by atoms with Crippen molar-refractivity contribution < 1.29 is 74.8 Å². The summed E-state index contributed by atoms with van der Waals surface area (Å²) in [5.41, 5.74) is 6.62. The van der Waals surface area contributed by atoms with Crippen LogP contribution in [0.25, 0.3) is 22.3 Å². The molecule has 1 saturated heterocycles. The van der Waals surface area contributed by atoms with Gasteiger partial charge in [0.05, 0.1) is 90.6 Å². The minimum atomic E-state index is -4.93. The first kappa shape index (κ1) is 87.8. The van der Waals surface area contributed by atoms with Crippen LogP contribution in [0.5, 0.6) is 11.5 Å². The fourth-order valence-electron chi connectivity index (χ4n) is 14.3. The number of amides is 4. The lowest BCUT2D eigenvalue weighted by Crippen LogP contribution is -2.40. The van der Waals surface area contributed by atoms with Gasteiger partial charge in [0.15, 0.2) is 17.0 Å². The molecule has 1 aliphatic heterocycles. The van der Waals surface area contributed by atoms with E-state index in [0.717, 1.165) is 33.4 Å². The van der Waals surface area contributed by atoms with Crippen LogP contribution in [0.2, 0.25) is 0 Å². The molecular weight excluding hydrogens is 1570 g/mol. The molecule has 1 fully saturated rings. The van der Waals surface area contributed by atoms with E-state index >= 15 is 4.57 Å². The number of nitrogens with zero attached hydrogens (tertiary/aromatic N) is 10. The number of hydrogen-bond donors (Lipinski definition) is 3. The zero-order valence-electron chi connectivity index (χ0n) is 68.0. The van der Waals surface area contributed by atoms with Crippen LogP contribution in [0.1, 0.15) is 128 Å². The lowest BCUT2D eigenvalue weighted by atomic mass is 9.80. The van der Waals surface area contributed by atoms with Crippen LogP contribution in [0.3, 0.4) is 0 Å². The van der Waals surface area contributed by atoms with Crippen LogP contribution in [-0.2, 0) is 81.0 Å². The number of ether oxygens (including phenoxy) is 6. The van der Waals surface area contributed by atoms with E-state index in [1.54, 1.807) is 57.0 Å². The molecule has 7 aromatic carbocycles. The van der Waals surface area contributed by atoms with Gasteiger partial charge in [-0.05, 0) is 134 Å². The van der Waals surface area contributed by atoms with Gasteiger partial charge >= 0.3 is 19.6 Å². The van der Waals surface area contributed by atoms with Crippen molar-refractivity contribution in [3.05, 3.63) is 262 Å². The molecule has 4 amide bonds. The van der Waals surface area contributed by atoms with E-state index in [0.29, 0.717) is 33.8 Å². The molecule has 120 heavy (non-hydrogen) atoms. The van der Waals surface area contributed by atoms with Gasteiger partial charge in [-0.3, -0.25) is 37.1 Å². The Morgan fingerprint density at radius 1 is 0.708 bits per heavy atom. The third-order valence-electron chi connectivity index (χ3n) is 20.3. The van der Waals surface area contributed by atoms with Gasteiger partial charge in [0, 0.05) is 62.7 Å². The summed E-state index contributed by atoms with van der Waals surface area (Å²) in [5, 5.41) is 28.0. The molecule has 4 heterocycles. The molecular formula is C88H97N13O17P2. The number of phosphoric acid groups is 1. The molecule has 5 unspecified atom stereocenters. The Kier molecular flexibility index (Phi) is 30.7. The summed E-state index contributed by atoms with van der Waals surface area (Å²) in [7, 11) is -2.17. The summed E-state index contributed by atoms with van der Waals surface area (Å²) in [5.74, 6) is -0.00730. The molecule has 0 radical (unpaired) electrons. The molecule has 3 aromatic heterocycles. The molecule has 0 spiro atoms. The van der Waals surface area contributed by atoms with E-state index < -0.39 is 89.4 Å². The van der Waals surface area contributed by atoms with Crippen molar-refractivity contribution in [1.29, 1.82) is 10.5 Å². The third-order valence-corrected chi connectivity index (χ3v) is 24.0. The summed E-state index contributed by atoms with van der Waals surface area (Å²) in [6.45, 7) is 8.42. The molecule has 7 atom stereocenters. The van der Waals surface area contributed by atoms with Crippen molar-refractivity contribution in [3.8, 4) is 34.8 Å². The number of nitriles is 2. The molecule has 1 aliphatic carbocycles. The Labute approximate surface area is 697 Å². The SMILES string of the molecule is COc1ccc(C(OCC(OCn2cnc3c(NC(=O)c4ccc(CNC(=O)Cc5ccccc5)cc4)ncnc32)C(C)OP(=O)(OCCC#N)OC[C@H]2O[C@@H](n3ccc(NC(=O)CCCN(C)C(=O)OCC4c5ccccc5-c5ccccc54)nc3=O)CC2OP(OCCC#N)N(C(C)C)C(C)C)(c2ccccc2)c2ccc(OC)cc2)cc1. The molecule has 30 nitrogen and oxygen atoms in total. The second-order valence-electron chi connectivity index (χ2n) is 29.1. The molecule has 2 aliphatic rings. The average Bonchev–Trinajstić information content (AvgIpc) is 0.960. The molecule has 10 aromatic rings. The minimum absolute atomic E-state index is 0.0111. The number of phosphoric ester groups is 1. The van der Waals surface area contributed by atoms with Gasteiger partial charge in [-0.25, -0.2) is 33.8 Å². The summed E-state index contributed by atoms with van der Waals surface area (Å²) in [4.78, 5) is 86.9. The number of hydrogen-bond acceptors (Lipinski definition) is 24. The van der Waals surface area contributed by atoms with Crippen molar-refractivity contribution in [2.45, 2.75) is 141 Å². The maximum absolute atomic E-state index is 15.8. The van der Waals surface area contributed by atoms with Crippen LogP contribution in [0.15, 0.2) is 212 Å². The second-order valence-corrected chi connectivity index (χ2v) is 32.1. The van der Waals surface area contributed by atoms with Crippen molar-refractivity contribution in [2.75, 3.05) is 71.5 Å². The first-order chi connectivity index (χ1) is 58.2. The Morgan fingerprint density at radius 2 is 1.33 bits per heavy atom. The van der Waals surface area contributed by atoms with Gasteiger partial charge in [0.1, 0.15) is 61.0 Å². The first-order valence-electron chi connectivity index (χ1n) is 39.5. The van der Waals surface area contributed by atoms with E-state index in [1.807, 2.05) is 184 Å². The van der Waals surface area contributed by atoms with Crippen LogP contribution >= 0.6 is 16.3 Å². The minimum Gasteiger partial charge on any atom is -0.497 e. The molecule has 626 valence electrons. The van der Waals surface area contributed by atoms with Crippen LogP contribution in [0, 0.1) is 22.7 Å². The number of methoxy groups -OCH3 is 2. The van der Waals surface area contributed by atoms with E-state index in [2.05, 4.69) is 54.1 Å². The highest BCUT2D eigenvalue weighted by Crippen LogP contribution is 2.55. The number of carbonyl (C=O) groups excluding carboxylic acids is 4. The largest absolute Gasteiger partial charge is 0.497 e. The number of fused-ring (bicyclic) bond motifs is 4. The Balaban J connectivity index is 0.785. The van der Waals surface area contributed by atoms with Gasteiger partial charge < -0.3 is 58.3 Å². The van der Waals surface area contributed by atoms with Crippen molar-refractivity contribution in [3.63, 3.8) is 0 Å². The van der Waals surface area contributed by atoms with E-state index in [-0.39, 0.29) is 125 Å². The predicted octanol–water partition coefficient (Wildman–Crippen LogP) is 14.6. The molecule has 0 saturated carbocycles. The topological polar surface area (TPSA) is 356 Å². The zero-order chi connectivity index (χ0) is 84.7. The van der Waals surface area contributed by atoms with E-state index in [9.17, 15) is 34.5 Å². The maximum Gasteiger partial charge on any atom is 0.475 e. The summed E-state index contributed by atoms with van der Waals surface area (Å²) in [6.07, 6.45) is -1.99. The number of carbonyl (C=O) groups is 4. The summed E-state index contributed by atoms with van der Waals surface area (Å²) in [6, 6.07) is 61.9. The van der Waals surface area contributed by atoms with Crippen LogP contribution in [0.4, 0.5) is 16.4 Å². The van der Waals surface area contributed by atoms with Gasteiger partial charge in [-0.1, -0.05) is 146 Å². The number of benzene rings is 7. The molecule has 3 N–H and O–H groups in total. The van der Waals surface area contributed by atoms with Gasteiger partial charge in [-0.2, -0.15) is 15.5 Å². The Morgan fingerprint density at radius 3 is 1.97 bits per heavy atom. The lowest BCUT2D eigenvalue weighted by molar-refractivity contribution is -0.120. The van der Waals surface area contributed by atoms with Crippen molar-refractivity contribution in [2.24, 2.45) is 0 Å². The highest BCUT2D eigenvalue weighted by Gasteiger charge is 2.46. The summed E-state index contributed by atoms with van der Waals surface area (Å²) < 4.78 is 91.1. The van der Waals surface area contributed by atoms with E-state index in [4.69, 9.17) is 51.0 Å². The highest BCUT2D eigenvalue weighted by molar-refractivity contribution is 7.48. The summed E-state index contributed by atoms with van der Waals surface area (Å²) >= 11 is 0. The zero-order valence-corrected chi connectivity index (χ0v) is 69.7. The standard InChI is InChI=1S/C88H97N13O17P2/c1-59(2)101(60(3)4)119(113-48-20-44-89)117-75-51-81(100-47-43-78(96-86(100)105)95-79(102)30-19-46-98(6)87(106)110-53-74-72-28-17-15-26-70(72)71-27-16-18-29-73(71)74)116-77(75)55-115-120(107,114-49-21-45-90)118-61(5)76(54-112-88(65-24-13-10-14-25-65,66-35-39-68(108-7)40-36-66)67-37-41-69(109-8)42-38-67)111-58-99-57-94-82-83(92-56-93-84(82)99)97-85(104)64-33-31-63(32-34-64)52-91-80(103)50-62-22-11-9-12-23-62/h9-18,22-29,31-43,47,56-57,59-61,74-77,81H,19-21,30,46,48-55,58H2,1-8H3,(H,91,103)(H,92,93,97,104)(H,95,96,102,105)/t61?,75?,76?,77-,81-,119?,120?/m1/s1. The maximum atomic E-state index is 15.8. The monoisotopic (exact) mass is 1670 g/mol. The number of rotatable bonds is 42. The number of aromatic nitrogens is 6. The van der Waals surface area contributed by atoms with Crippen LogP contribution < -0.4 is 31.1 Å². The number of imidazole rings is 1. The fourth-order valence-corrected chi connectivity index (χ4v) is 17.4. The number of nitrogens with one attached hydrogen (secondary N) is 3.